The van der Waals surface area contributed by atoms with Crippen LogP contribution >= 0.6 is 11.3 Å². The van der Waals surface area contributed by atoms with E-state index in [4.69, 9.17) is 4.74 Å². The average molecular weight is 595 g/mol. The molecule has 1 aliphatic heterocycles. The van der Waals surface area contributed by atoms with E-state index in [2.05, 4.69) is 9.88 Å². The quantitative estimate of drug-likeness (QED) is 0.333. The van der Waals surface area contributed by atoms with Crippen LogP contribution in [0.2, 0.25) is 0 Å². The molecular formula is C26H34N4O6S3. The lowest BCUT2D eigenvalue weighted by Gasteiger charge is -2.29. The maximum absolute atomic E-state index is 13.8. The second-order valence-corrected chi connectivity index (χ2v) is 14.5. The standard InChI is InChI=1S/C26H34N4O6S3/c1-4-5-13-28(2)39(34,35)21-11-9-20(10-12-21)25(31)30(15-14-29-16-18-36-19-17-29)26-27-24-22(37-26)7-6-8-23(24)38(3,32)33/h6-12H,4-5,13-19H2,1-3H3. The SMILES string of the molecule is CCCCN(C)S(=O)(=O)c1ccc(C(=O)N(CCN2CCOCC2)c2nc3c(S(C)(=O)=O)cccc3s2)cc1. The second-order valence-electron chi connectivity index (χ2n) is 9.49. The van der Waals surface area contributed by atoms with Gasteiger partial charge < -0.3 is 4.74 Å². The third-order valence-electron chi connectivity index (χ3n) is 6.63. The van der Waals surface area contributed by atoms with E-state index in [1.165, 1.54) is 46.0 Å². The third-order valence-corrected chi connectivity index (χ3v) is 10.7. The summed E-state index contributed by atoms with van der Waals surface area (Å²) in [5.74, 6) is -0.341. The number of hydrogen-bond donors (Lipinski definition) is 0. The van der Waals surface area contributed by atoms with Crippen LogP contribution in [0.15, 0.2) is 52.3 Å². The number of fused-ring (bicyclic) bond motifs is 1. The summed E-state index contributed by atoms with van der Waals surface area (Å²) in [4.78, 5) is 22.4. The number of unbranched alkanes of at least 4 members (excludes halogenated alkanes) is 1. The van der Waals surface area contributed by atoms with Crippen molar-refractivity contribution in [3.63, 3.8) is 0 Å². The molecule has 0 atom stereocenters. The lowest BCUT2D eigenvalue weighted by Crippen LogP contribution is -2.43. The Balaban J connectivity index is 1.66. The molecule has 0 saturated carbocycles. The molecule has 212 valence electrons. The molecule has 39 heavy (non-hydrogen) atoms. The Morgan fingerprint density at radius 1 is 1.05 bits per heavy atom. The summed E-state index contributed by atoms with van der Waals surface area (Å²) in [6, 6.07) is 10.9. The van der Waals surface area contributed by atoms with Crippen molar-refractivity contribution in [1.82, 2.24) is 14.2 Å². The Hall–Kier alpha value is -2.42. The van der Waals surface area contributed by atoms with E-state index in [1.54, 1.807) is 24.1 Å². The number of benzene rings is 2. The molecule has 3 aromatic rings. The molecule has 0 N–H and O–H groups in total. The highest BCUT2D eigenvalue weighted by Crippen LogP contribution is 2.33. The van der Waals surface area contributed by atoms with Crippen molar-refractivity contribution in [3.8, 4) is 0 Å². The van der Waals surface area contributed by atoms with E-state index in [9.17, 15) is 21.6 Å². The molecule has 2 heterocycles. The van der Waals surface area contributed by atoms with Crippen LogP contribution in [0.5, 0.6) is 0 Å². The molecule has 1 aromatic heterocycles. The number of carbonyl (C=O) groups excluding carboxylic acids is 1. The zero-order chi connectivity index (χ0) is 28.2. The van der Waals surface area contributed by atoms with E-state index in [1.807, 2.05) is 6.92 Å². The molecule has 10 nitrogen and oxygen atoms in total. The Bertz CT molecular complexity index is 1510. The summed E-state index contributed by atoms with van der Waals surface area (Å²) in [5, 5.41) is 0.385. The van der Waals surface area contributed by atoms with Gasteiger partial charge in [-0.2, -0.15) is 0 Å². The molecule has 4 rings (SSSR count). The maximum atomic E-state index is 13.8. The molecule has 13 heteroatoms. The van der Waals surface area contributed by atoms with E-state index in [0.29, 0.717) is 53.8 Å². The van der Waals surface area contributed by atoms with Crippen molar-refractivity contribution in [2.45, 2.75) is 29.6 Å². The summed E-state index contributed by atoms with van der Waals surface area (Å²) >= 11 is 1.25. The van der Waals surface area contributed by atoms with Crippen LogP contribution in [0.25, 0.3) is 10.2 Å². The lowest BCUT2D eigenvalue weighted by atomic mass is 10.2. The van der Waals surface area contributed by atoms with Crippen LogP contribution in [-0.2, 0) is 24.6 Å². The number of anilines is 1. The highest BCUT2D eigenvalue weighted by atomic mass is 32.2. The fraction of sp³-hybridized carbons (Fsp3) is 0.462. The zero-order valence-electron chi connectivity index (χ0n) is 22.4. The van der Waals surface area contributed by atoms with Gasteiger partial charge in [0, 0.05) is 51.6 Å². The number of morpholine rings is 1. The van der Waals surface area contributed by atoms with Gasteiger partial charge in [0.25, 0.3) is 5.91 Å². The third kappa shape index (κ3) is 6.84. The van der Waals surface area contributed by atoms with Crippen LogP contribution in [0.3, 0.4) is 0 Å². The number of sulfonamides is 1. The normalized spacial score (nSPS) is 15.2. The fourth-order valence-corrected chi connectivity index (χ4v) is 7.41. The molecule has 1 saturated heterocycles. The summed E-state index contributed by atoms with van der Waals surface area (Å²) < 4.78 is 57.9. The molecule has 1 fully saturated rings. The molecule has 0 unspecified atom stereocenters. The Labute approximate surface area is 234 Å². The smallest absolute Gasteiger partial charge is 0.260 e. The van der Waals surface area contributed by atoms with Crippen molar-refractivity contribution in [1.29, 1.82) is 0 Å². The largest absolute Gasteiger partial charge is 0.379 e. The summed E-state index contributed by atoms with van der Waals surface area (Å²) in [7, 11) is -5.63. The molecular weight excluding hydrogens is 561 g/mol. The second kappa shape index (κ2) is 12.4. The number of carbonyl (C=O) groups is 1. The van der Waals surface area contributed by atoms with E-state index < -0.39 is 19.9 Å². The van der Waals surface area contributed by atoms with Gasteiger partial charge in [0.15, 0.2) is 15.0 Å². The van der Waals surface area contributed by atoms with Crippen molar-refractivity contribution in [2.24, 2.45) is 0 Å². The van der Waals surface area contributed by atoms with Gasteiger partial charge in [0.1, 0.15) is 5.52 Å². The number of rotatable bonds is 11. The van der Waals surface area contributed by atoms with Crippen molar-refractivity contribution in [2.75, 3.05) is 64.1 Å². The first-order chi connectivity index (χ1) is 18.5. The van der Waals surface area contributed by atoms with Crippen LogP contribution in [-0.4, -0.2) is 96.2 Å². The van der Waals surface area contributed by atoms with Gasteiger partial charge in [-0.05, 0) is 42.8 Å². The zero-order valence-corrected chi connectivity index (χ0v) is 24.8. The van der Waals surface area contributed by atoms with E-state index >= 15 is 0 Å². The number of para-hydroxylation sites is 1. The molecule has 0 bridgehead atoms. The lowest BCUT2D eigenvalue weighted by molar-refractivity contribution is 0.0391. The minimum atomic E-state index is -3.66. The first kappa shape index (κ1) is 29.6. The Kier molecular flexibility index (Phi) is 9.40. The number of sulfone groups is 1. The molecule has 0 radical (unpaired) electrons. The average Bonchev–Trinajstić information content (AvgIpc) is 3.35. The summed E-state index contributed by atoms with van der Waals surface area (Å²) in [6.45, 7) is 6.06. The highest BCUT2D eigenvalue weighted by Gasteiger charge is 2.26. The fourth-order valence-electron chi connectivity index (χ4n) is 4.28. The topological polar surface area (TPSA) is 117 Å². The van der Waals surface area contributed by atoms with Crippen molar-refractivity contribution in [3.05, 3.63) is 48.0 Å². The minimum Gasteiger partial charge on any atom is -0.379 e. The van der Waals surface area contributed by atoms with Gasteiger partial charge in [-0.15, -0.1) is 0 Å². The maximum Gasteiger partial charge on any atom is 0.260 e. The summed E-state index contributed by atoms with van der Waals surface area (Å²) in [6.07, 6.45) is 2.77. The predicted octanol–water partition coefficient (Wildman–Crippen LogP) is 3.10. The number of nitrogens with zero attached hydrogens (tertiary/aromatic N) is 4. The van der Waals surface area contributed by atoms with Gasteiger partial charge in [0.2, 0.25) is 10.0 Å². The Morgan fingerprint density at radius 2 is 1.74 bits per heavy atom. The number of hydrogen-bond acceptors (Lipinski definition) is 9. The monoisotopic (exact) mass is 594 g/mol. The minimum absolute atomic E-state index is 0.116. The molecule has 1 amide bonds. The van der Waals surface area contributed by atoms with Gasteiger partial charge in [-0.25, -0.2) is 26.1 Å². The highest BCUT2D eigenvalue weighted by molar-refractivity contribution is 7.91. The van der Waals surface area contributed by atoms with Gasteiger partial charge in [-0.1, -0.05) is 30.7 Å². The molecule has 0 aliphatic carbocycles. The van der Waals surface area contributed by atoms with Crippen molar-refractivity contribution >= 4 is 52.5 Å². The predicted molar refractivity (Wildman–Crippen MR) is 153 cm³/mol. The van der Waals surface area contributed by atoms with E-state index in [-0.39, 0.29) is 15.7 Å². The van der Waals surface area contributed by atoms with Crippen LogP contribution in [0, 0.1) is 0 Å². The summed E-state index contributed by atoms with van der Waals surface area (Å²) in [5.41, 5.74) is 0.649. The van der Waals surface area contributed by atoms with Gasteiger partial charge in [0.05, 0.1) is 27.7 Å². The molecule has 1 aliphatic rings. The van der Waals surface area contributed by atoms with Crippen LogP contribution < -0.4 is 4.90 Å². The van der Waals surface area contributed by atoms with Crippen molar-refractivity contribution < 1.29 is 26.4 Å². The van der Waals surface area contributed by atoms with E-state index in [0.717, 1.165) is 32.2 Å². The molecule has 0 spiro atoms. The Morgan fingerprint density at radius 3 is 2.38 bits per heavy atom. The number of aromatic nitrogens is 1. The number of thiazole rings is 1. The van der Waals surface area contributed by atoms with Crippen LogP contribution in [0.1, 0.15) is 30.1 Å². The molecule has 2 aromatic carbocycles. The van der Waals surface area contributed by atoms with Gasteiger partial charge >= 0.3 is 0 Å². The first-order valence-corrected chi connectivity index (χ1v) is 16.9. The van der Waals surface area contributed by atoms with Crippen LogP contribution in [0.4, 0.5) is 5.13 Å². The number of amides is 1. The first-order valence-electron chi connectivity index (χ1n) is 12.8. The van der Waals surface area contributed by atoms with Gasteiger partial charge in [-0.3, -0.25) is 14.6 Å². The number of ether oxygens (including phenoxy) is 1.